The Hall–Kier alpha value is -1.29. The molecule has 0 aliphatic carbocycles. The third-order valence-electron chi connectivity index (χ3n) is 3.60. The first-order valence-electron chi connectivity index (χ1n) is 6.48. The van der Waals surface area contributed by atoms with E-state index in [0.29, 0.717) is 12.8 Å². The van der Waals surface area contributed by atoms with Crippen molar-refractivity contribution in [3.63, 3.8) is 0 Å². The quantitative estimate of drug-likeness (QED) is 0.654. The number of nitro groups is 1. The summed E-state index contributed by atoms with van der Waals surface area (Å²) >= 11 is 0. The third-order valence-corrected chi connectivity index (χ3v) is 5.57. The van der Waals surface area contributed by atoms with Crippen molar-refractivity contribution in [1.82, 2.24) is 9.62 Å². The van der Waals surface area contributed by atoms with Crippen LogP contribution in [0.3, 0.4) is 0 Å². The van der Waals surface area contributed by atoms with Gasteiger partial charge in [0.2, 0.25) is 0 Å². The second-order valence-corrected chi connectivity index (χ2v) is 6.69. The summed E-state index contributed by atoms with van der Waals surface area (Å²) < 4.78 is 40.0. The van der Waals surface area contributed by atoms with E-state index in [1.807, 2.05) is 0 Å². The summed E-state index contributed by atoms with van der Waals surface area (Å²) in [5.74, 6) is -1.10. The topological polar surface area (TPSA) is 92.6 Å². The molecule has 0 radical (unpaired) electrons. The maximum atomic E-state index is 13.9. The van der Waals surface area contributed by atoms with E-state index in [0.717, 1.165) is 22.5 Å². The highest BCUT2D eigenvalue weighted by Gasteiger charge is 2.36. The molecule has 124 valence electrons. The second kappa shape index (κ2) is 7.32. The molecule has 1 heterocycles. The van der Waals surface area contributed by atoms with E-state index < -0.39 is 31.3 Å². The van der Waals surface area contributed by atoms with Gasteiger partial charge in [-0.3, -0.25) is 10.1 Å². The summed E-state index contributed by atoms with van der Waals surface area (Å²) in [6.07, 6.45) is 1.16. The van der Waals surface area contributed by atoms with Crippen LogP contribution < -0.4 is 5.32 Å². The van der Waals surface area contributed by atoms with Crippen LogP contribution >= 0.6 is 12.4 Å². The summed E-state index contributed by atoms with van der Waals surface area (Å²) in [4.78, 5) is 9.22. The maximum Gasteiger partial charge on any atom is 0.292 e. The van der Waals surface area contributed by atoms with Gasteiger partial charge in [0.05, 0.1) is 4.92 Å². The minimum absolute atomic E-state index is 0. The number of piperidine rings is 1. The van der Waals surface area contributed by atoms with Gasteiger partial charge < -0.3 is 5.32 Å². The zero-order valence-corrected chi connectivity index (χ0v) is 13.5. The zero-order chi connectivity index (χ0) is 15.6. The molecule has 1 saturated heterocycles. The lowest BCUT2D eigenvalue weighted by Gasteiger charge is -2.30. The molecule has 0 unspecified atom stereocenters. The molecule has 1 aliphatic heterocycles. The molecule has 0 atom stereocenters. The highest BCUT2D eigenvalue weighted by atomic mass is 35.5. The number of hydrogen-bond acceptors (Lipinski definition) is 5. The minimum Gasteiger partial charge on any atom is -0.317 e. The molecule has 1 aromatic carbocycles. The van der Waals surface area contributed by atoms with Crippen molar-refractivity contribution in [3.8, 4) is 0 Å². The van der Waals surface area contributed by atoms with Crippen LogP contribution in [0, 0.1) is 15.9 Å². The van der Waals surface area contributed by atoms with Crippen LogP contribution in [0.4, 0.5) is 10.1 Å². The summed E-state index contributed by atoms with van der Waals surface area (Å²) in [5.41, 5.74) is -0.731. The van der Waals surface area contributed by atoms with Gasteiger partial charge in [0.1, 0.15) is 5.82 Å². The average molecular weight is 354 g/mol. The molecule has 7 nitrogen and oxygen atoms in total. The standard InChI is InChI=1S/C12H16FN3O4S.ClH/c1-14-9-5-7-15(8-6-9)21(19,20)12-10(13)3-2-4-11(12)16(17)18;/h2-4,9,14H,5-8H2,1H3;1H. The third kappa shape index (κ3) is 3.54. The van der Waals surface area contributed by atoms with Gasteiger partial charge in [-0.1, -0.05) is 6.07 Å². The van der Waals surface area contributed by atoms with E-state index in [1.165, 1.54) is 0 Å². The fraction of sp³-hybridized carbons (Fsp3) is 0.500. The van der Waals surface area contributed by atoms with Crippen molar-refractivity contribution >= 4 is 28.1 Å². The Balaban J connectivity index is 0.00000242. The largest absolute Gasteiger partial charge is 0.317 e. The van der Waals surface area contributed by atoms with Crippen molar-refractivity contribution < 1.29 is 17.7 Å². The second-order valence-electron chi connectivity index (χ2n) is 4.81. The van der Waals surface area contributed by atoms with Crippen LogP contribution in [0.15, 0.2) is 23.1 Å². The summed E-state index contributed by atoms with van der Waals surface area (Å²) in [6.45, 7) is 0.415. The fourth-order valence-corrected chi connectivity index (χ4v) is 4.08. The van der Waals surface area contributed by atoms with Crippen molar-refractivity contribution in [3.05, 3.63) is 34.1 Å². The lowest BCUT2D eigenvalue weighted by molar-refractivity contribution is -0.388. The molecular formula is C12H17ClFN3O4S. The molecule has 0 spiro atoms. The van der Waals surface area contributed by atoms with E-state index in [1.54, 1.807) is 7.05 Å². The van der Waals surface area contributed by atoms with Crippen LogP contribution in [-0.2, 0) is 10.0 Å². The summed E-state index contributed by atoms with van der Waals surface area (Å²) in [6, 6.07) is 3.24. The molecule has 22 heavy (non-hydrogen) atoms. The number of nitrogens with zero attached hydrogens (tertiary/aromatic N) is 2. The molecule has 10 heteroatoms. The van der Waals surface area contributed by atoms with Gasteiger partial charge in [-0.25, -0.2) is 12.8 Å². The summed E-state index contributed by atoms with van der Waals surface area (Å²) in [7, 11) is -2.42. The van der Waals surface area contributed by atoms with Crippen molar-refractivity contribution in [1.29, 1.82) is 0 Å². The Kier molecular flexibility index (Phi) is 6.24. The number of sulfonamides is 1. The maximum absolute atomic E-state index is 13.9. The van der Waals surface area contributed by atoms with E-state index in [-0.39, 0.29) is 31.5 Å². The van der Waals surface area contributed by atoms with Gasteiger partial charge >= 0.3 is 0 Å². The predicted molar refractivity (Wildman–Crippen MR) is 81.1 cm³/mol. The molecule has 0 bridgehead atoms. The highest BCUT2D eigenvalue weighted by Crippen LogP contribution is 2.30. The Bertz CT molecular complexity index is 648. The molecule has 0 amide bonds. The minimum atomic E-state index is -4.21. The number of benzene rings is 1. The number of nitro benzene ring substituents is 1. The lowest BCUT2D eigenvalue weighted by atomic mass is 10.1. The van der Waals surface area contributed by atoms with Crippen LogP contribution in [-0.4, -0.2) is 43.8 Å². The average Bonchev–Trinajstić information content (AvgIpc) is 2.46. The molecule has 2 rings (SSSR count). The Morgan fingerprint density at radius 2 is 1.95 bits per heavy atom. The van der Waals surface area contributed by atoms with Crippen LogP contribution in [0.25, 0.3) is 0 Å². The van der Waals surface area contributed by atoms with Crippen LogP contribution in [0.2, 0.25) is 0 Å². The fourth-order valence-electron chi connectivity index (χ4n) is 2.41. The molecule has 1 N–H and O–H groups in total. The van der Waals surface area contributed by atoms with Gasteiger partial charge in [-0.05, 0) is 26.0 Å². The molecule has 1 fully saturated rings. The van der Waals surface area contributed by atoms with E-state index in [9.17, 15) is 22.9 Å². The highest BCUT2D eigenvalue weighted by molar-refractivity contribution is 7.89. The first kappa shape index (κ1) is 18.8. The van der Waals surface area contributed by atoms with E-state index in [4.69, 9.17) is 0 Å². The number of halogens is 2. The van der Waals surface area contributed by atoms with Gasteiger partial charge in [-0.2, -0.15) is 4.31 Å². The van der Waals surface area contributed by atoms with Crippen LogP contribution in [0.5, 0.6) is 0 Å². The normalized spacial score (nSPS) is 17.0. The smallest absolute Gasteiger partial charge is 0.292 e. The number of nitrogens with one attached hydrogen (secondary N) is 1. The molecule has 1 aliphatic rings. The summed E-state index contributed by atoms with van der Waals surface area (Å²) in [5, 5.41) is 14.0. The van der Waals surface area contributed by atoms with Gasteiger partial charge in [0.15, 0.2) is 4.90 Å². The number of rotatable bonds is 4. The van der Waals surface area contributed by atoms with Gasteiger partial charge in [0.25, 0.3) is 15.7 Å². The molecule has 0 aromatic heterocycles. The van der Waals surface area contributed by atoms with Gasteiger partial charge in [0, 0.05) is 25.2 Å². The SMILES string of the molecule is CNC1CCN(S(=O)(=O)c2c(F)cccc2[N+](=O)[O-])CC1.Cl. The molecule has 1 aromatic rings. The zero-order valence-electron chi connectivity index (χ0n) is 11.9. The van der Waals surface area contributed by atoms with Gasteiger partial charge in [-0.15, -0.1) is 12.4 Å². The first-order valence-corrected chi connectivity index (χ1v) is 7.92. The lowest BCUT2D eigenvalue weighted by Crippen LogP contribution is -2.44. The Morgan fingerprint density at radius 1 is 1.36 bits per heavy atom. The number of hydrogen-bond donors (Lipinski definition) is 1. The monoisotopic (exact) mass is 353 g/mol. The van der Waals surface area contributed by atoms with E-state index >= 15 is 0 Å². The predicted octanol–water partition coefficient (Wildman–Crippen LogP) is 1.53. The first-order chi connectivity index (χ1) is 9.87. The van der Waals surface area contributed by atoms with Crippen molar-refractivity contribution in [2.45, 2.75) is 23.8 Å². The van der Waals surface area contributed by atoms with E-state index in [2.05, 4.69) is 5.32 Å². The Labute approximate surface area is 134 Å². The molecular weight excluding hydrogens is 337 g/mol. The van der Waals surface area contributed by atoms with Crippen molar-refractivity contribution in [2.24, 2.45) is 0 Å². The van der Waals surface area contributed by atoms with Crippen molar-refractivity contribution in [2.75, 3.05) is 20.1 Å². The van der Waals surface area contributed by atoms with Crippen LogP contribution in [0.1, 0.15) is 12.8 Å². The molecule has 0 saturated carbocycles. The Morgan fingerprint density at radius 3 is 2.45 bits per heavy atom.